The number of hydrogen-bond donors (Lipinski definition) is 0. The highest BCUT2D eigenvalue weighted by Gasteiger charge is 2.22. The summed E-state index contributed by atoms with van der Waals surface area (Å²) < 4.78 is 5.74. The third-order valence-corrected chi connectivity index (χ3v) is 5.65. The van der Waals surface area contributed by atoms with Gasteiger partial charge < -0.3 is 4.74 Å². The molecule has 0 aliphatic rings. The van der Waals surface area contributed by atoms with Crippen LogP contribution < -0.4 is 4.90 Å². The Balaban J connectivity index is 1.72. The number of carbonyl (C=O) groups excluding carboxylic acids is 2. The third-order valence-electron chi connectivity index (χ3n) is 4.61. The van der Waals surface area contributed by atoms with E-state index in [0.29, 0.717) is 16.3 Å². The Morgan fingerprint density at radius 2 is 1.80 bits per heavy atom. The minimum Gasteiger partial charge on any atom is -0.465 e. The smallest absolute Gasteiger partial charge is 0.337 e. The minimum atomic E-state index is -0.444. The zero-order valence-electron chi connectivity index (χ0n) is 16.5. The molecule has 2 aromatic carbocycles. The van der Waals surface area contributed by atoms with E-state index in [9.17, 15) is 9.59 Å². The number of esters is 1. The maximum atomic E-state index is 13.4. The van der Waals surface area contributed by atoms with Gasteiger partial charge in [0.25, 0.3) is 5.91 Å². The highest BCUT2D eigenvalue weighted by molar-refractivity contribution is 7.22. The molecule has 0 N–H and O–H groups in total. The minimum absolute atomic E-state index is 0.215. The van der Waals surface area contributed by atoms with Gasteiger partial charge in [-0.05, 0) is 61.0 Å². The third kappa shape index (κ3) is 4.06. The Morgan fingerprint density at radius 1 is 1.03 bits per heavy atom. The van der Waals surface area contributed by atoms with Gasteiger partial charge in [-0.2, -0.15) is 0 Å². The van der Waals surface area contributed by atoms with E-state index < -0.39 is 5.97 Å². The molecule has 0 saturated heterocycles. The van der Waals surface area contributed by atoms with Crippen LogP contribution in [0.15, 0.2) is 66.9 Å². The first-order valence-electron chi connectivity index (χ1n) is 9.32. The molecule has 0 fully saturated rings. The highest BCUT2D eigenvalue weighted by Crippen LogP contribution is 2.31. The molecule has 2 heterocycles. The number of amides is 1. The molecule has 0 unspecified atom stereocenters. The van der Waals surface area contributed by atoms with E-state index >= 15 is 0 Å². The van der Waals surface area contributed by atoms with Crippen LogP contribution in [0.5, 0.6) is 0 Å². The van der Waals surface area contributed by atoms with Crippen molar-refractivity contribution in [3.05, 3.63) is 89.2 Å². The number of pyridine rings is 1. The fourth-order valence-electron chi connectivity index (χ4n) is 3.04. The first-order chi connectivity index (χ1) is 14.5. The Morgan fingerprint density at radius 3 is 2.50 bits per heavy atom. The predicted molar refractivity (Wildman–Crippen MR) is 117 cm³/mol. The molecule has 4 aromatic rings. The summed E-state index contributed by atoms with van der Waals surface area (Å²) in [6.07, 6.45) is 1.70. The van der Waals surface area contributed by atoms with Crippen LogP contribution in [0.2, 0.25) is 0 Å². The van der Waals surface area contributed by atoms with Crippen LogP contribution in [-0.4, -0.2) is 29.0 Å². The van der Waals surface area contributed by atoms with Crippen molar-refractivity contribution < 1.29 is 14.3 Å². The van der Waals surface area contributed by atoms with Crippen LogP contribution in [0, 0.1) is 6.92 Å². The zero-order valence-corrected chi connectivity index (χ0v) is 17.3. The molecule has 2 aromatic heterocycles. The van der Waals surface area contributed by atoms with Crippen molar-refractivity contribution >= 4 is 38.6 Å². The summed E-state index contributed by atoms with van der Waals surface area (Å²) in [4.78, 5) is 35.7. The number of fused-ring (bicyclic) bond motifs is 1. The second-order valence-electron chi connectivity index (χ2n) is 6.75. The van der Waals surface area contributed by atoms with Crippen LogP contribution in [-0.2, 0) is 11.3 Å². The lowest BCUT2D eigenvalue weighted by Gasteiger charge is -2.19. The summed E-state index contributed by atoms with van der Waals surface area (Å²) in [6, 6.07) is 18.0. The summed E-state index contributed by atoms with van der Waals surface area (Å²) in [7, 11) is 1.32. The predicted octanol–water partition coefficient (Wildman–Crippen LogP) is 4.63. The summed E-state index contributed by atoms with van der Waals surface area (Å²) in [6.45, 7) is 2.32. The molecule has 30 heavy (non-hydrogen) atoms. The van der Waals surface area contributed by atoms with Gasteiger partial charge in [-0.1, -0.05) is 23.5 Å². The SMILES string of the molecule is COC(=O)c1ccc(C(=O)N(Cc2ccccn2)c2nc3ccc(C)cc3s2)cc1. The Labute approximate surface area is 177 Å². The summed E-state index contributed by atoms with van der Waals surface area (Å²) in [5, 5.41) is 0.600. The van der Waals surface area contributed by atoms with Crippen LogP contribution >= 0.6 is 11.3 Å². The Hall–Kier alpha value is -3.58. The molecule has 0 aliphatic heterocycles. The maximum absolute atomic E-state index is 13.4. The van der Waals surface area contributed by atoms with Gasteiger partial charge in [0.05, 0.1) is 35.1 Å². The summed E-state index contributed by atoms with van der Waals surface area (Å²) in [5.41, 5.74) is 3.58. The highest BCUT2D eigenvalue weighted by atomic mass is 32.1. The average Bonchev–Trinajstić information content (AvgIpc) is 3.20. The second-order valence-corrected chi connectivity index (χ2v) is 7.76. The molecule has 0 bridgehead atoms. The van der Waals surface area contributed by atoms with Crippen molar-refractivity contribution in [1.29, 1.82) is 0 Å². The number of ether oxygens (including phenoxy) is 1. The fourth-order valence-corrected chi connectivity index (χ4v) is 4.10. The first-order valence-corrected chi connectivity index (χ1v) is 10.1. The summed E-state index contributed by atoms with van der Waals surface area (Å²) >= 11 is 1.47. The molecule has 0 radical (unpaired) electrons. The molecule has 0 atom stereocenters. The van der Waals surface area contributed by atoms with Gasteiger partial charge in [-0.15, -0.1) is 0 Å². The van der Waals surface area contributed by atoms with Crippen molar-refractivity contribution in [1.82, 2.24) is 9.97 Å². The van der Waals surface area contributed by atoms with Gasteiger partial charge in [0.1, 0.15) is 0 Å². The van der Waals surface area contributed by atoms with E-state index in [1.807, 2.05) is 37.3 Å². The topological polar surface area (TPSA) is 72.4 Å². The zero-order chi connectivity index (χ0) is 21.1. The van der Waals surface area contributed by atoms with Gasteiger partial charge in [0.15, 0.2) is 5.13 Å². The van der Waals surface area contributed by atoms with Crippen molar-refractivity contribution in [3.8, 4) is 0 Å². The number of methoxy groups -OCH3 is 1. The number of anilines is 1. The van der Waals surface area contributed by atoms with Crippen molar-refractivity contribution in [2.24, 2.45) is 0 Å². The molecular formula is C23H19N3O3S. The van der Waals surface area contributed by atoms with Crippen molar-refractivity contribution in [2.45, 2.75) is 13.5 Å². The van der Waals surface area contributed by atoms with Gasteiger partial charge in [-0.25, -0.2) is 9.78 Å². The van der Waals surface area contributed by atoms with E-state index in [2.05, 4.69) is 16.0 Å². The van der Waals surface area contributed by atoms with Crippen LogP contribution in [0.3, 0.4) is 0 Å². The molecule has 6 nitrogen and oxygen atoms in total. The van der Waals surface area contributed by atoms with Crippen LogP contribution in [0.1, 0.15) is 32.0 Å². The van der Waals surface area contributed by atoms with Crippen molar-refractivity contribution in [2.75, 3.05) is 12.0 Å². The molecule has 7 heteroatoms. The second kappa shape index (κ2) is 8.42. The van der Waals surface area contributed by atoms with E-state index in [0.717, 1.165) is 21.5 Å². The largest absolute Gasteiger partial charge is 0.465 e. The van der Waals surface area contributed by atoms with E-state index in [4.69, 9.17) is 4.74 Å². The number of hydrogen-bond acceptors (Lipinski definition) is 6. The lowest BCUT2D eigenvalue weighted by atomic mass is 10.1. The number of carbonyl (C=O) groups is 2. The van der Waals surface area contributed by atoms with Crippen LogP contribution in [0.4, 0.5) is 5.13 Å². The van der Waals surface area contributed by atoms with Gasteiger partial charge >= 0.3 is 5.97 Å². The lowest BCUT2D eigenvalue weighted by Crippen LogP contribution is -2.30. The molecule has 150 valence electrons. The number of nitrogens with zero attached hydrogens (tertiary/aromatic N) is 3. The van der Waals surface area contributed by atoms with E-state index in [1.165, 1.54) is 18.4 Å². The normalized spacial score (nSPS) is 10.7. The molecule has 0 aliphatic carbocycles. The number of thiazole rings is 1. The quantitative estimate of drug-likeness (QED) is 0.443. The maximum Gasteiger partial charge on any atom is 0.337 e. The van der Waals surface area contributed by atoms with Gasteiger partial charge in [0, 0.05) is 11.8 Å². The van der Waals surface area contributed by atoms with E-state index in [1.54, 1.807) is 35.4 Å². The molecule has 0 spiro atoms. The van der Waals surface area contributed by atoms with E-state index in [-0.39, 0.29) is 12.5 Å². The number of rotatable bonds is 5. The Bertz CT molecular complexity index is 1200. The molecule has 0 saturated carbocycles. The number of benzene rings is 2. The average molecular weight is 417 g/mol. The fraction of sp³-hybridized carbons (Fsp3) is 0.130. The van der Waals surface area contributed by atoms with Gasteiger partial charge in [0.2, 0.25) is 0 Å². The van der Waals surface area contributed by atoms with Gasteiger partial charge in [-0.3, -0.25) is 14.7 Å². The molecular weight excluding hydrogens is 398 g/mol. The first kappa shape index (κ1) is 19.7. The number of aryl methyl sites for hydroxylation is 1. The molecule has 1 amide bonds. The number of aromatic nitrogens is 2. The lowest BCUT2D eigenvalue weighted by molar-refractivity contribution is 0.0600. The summed E-state index contributed by atoms with van der Waals surface area (Å²) in [5.74, 6) is -0.659. The molecule has 4 rings (SSSR count). The standard InChI is InChI=1S/C23H19N3O3S/c1-15-6-11-19-20(13-15)30-23(25-19)26(14-18-5-3-4-12-24-18)21(27)16-7-9-17(10-8-16)22(28)29-2/h3-13H,14H2,1-2H3. The van der Waals surface area contributed by atoms with Crippen LogP contribution in [0.25, 0.3) is 10.2 Å². The Kier molecular flexibility index (Phi) is 5.54. The monoisotopic (exact) mass is 417 g/mol. The van der Waals surface area contributed by atoms with Crippen molar-refractivity contribution in [3.63, 3.8) is 0 Å².